The fourth-order valence-corrected chi connectivity index (χ4v) is 2.83. The van der Waals surface area contributed by atoms with Crippen LogP contribution in [0.4, 0.5) is 33.2 Å². The number of anilines is 3. The van der Waals surface area contributed by atoms with Crippen LogP contribution in [0, 0.1) is 6.92 Å². The molecule has 162 valence electrons. The first-order valence-electron chi connectivity index (χ1n) is 9.68. The van der Waals surface area contributed by atoms with Gasteiger partial charge in [0.25, 0.3) is 0 Å². The Morgan fingerprint density at radius 3 is 2.12 bits per heavy atom. The van der Waals surface area contributed by atoms with Crippen molar-refractivity contribution in [2.24, 2.45) is 10.2 Å². The van der Waals surface area contributed by atoms with Crippen molar-refractivity contribution >= 4 is 46.3 Å². The highest BCUT2D eigenvalue weighted by molar-refractivity contribution is 6.26. The number of benzene rings is 3. The molecule has 3 aromatic rings. The average molecular weight is 430 g/mol. The summed E-state index contributed by atoms with van der Waals surface area (Å²) in [6, 6.07) is 20.6. The van der Waals surface area contributed by atoms with Crippen LogP contribution in [-0.2, 0) is 9.59 Å². The van der Waals surface area contributed by atoms with Gasteiger partial charge in [-0.1, -0.05) is 18.2 Å². The average Bonchev–Trinajstić information content (AvgIpc) is 2.75. The molecule has 3 aromatic carbocycles. The summed E-state index contributed by atoms with van der Waals surface area (Å²) < 4.78 is 0. The number of amides is 4. The Bertz CT molecular complexity index is 1140. The van der Waals surface area contributed by atoms with E-state index in [0.29, 0.717) is 11.4 Å². The minimum atomic E-state index is -0.692. The quantitative estimate of drug-likeness (QED) is 0.323. The molecule has 1 heterocycles. The number of azo groups is 1. The van der Waals surface area contributed by atoms with Gasteiger partial charge in [0, 0.05) is 11.4 Å². The summed E-state index contributed by atoms with van der Waals surface area (Å²) in [5, 5.41) is 10.4. The van der Waals surface area contributed by atoms with E-state index in [1.807, 2.05) is 37.3 Å². The van der Waals surface area contributed by atoms with E-state index in [1.165, 1.54) is 0 Å². The van der Waals surface area contributed by atoms with Crippen molar-refractivity contribution < 1.29 is 14.4 Å². The second-order valence-corrected chi connectivity index (χ2v) is 6.93. The first-order chi connectivity index (χ1) is 15.3. The number of urea groups is 1. The zero-order valence-corrected chi connectivity index (χ0v) is 17.4. The number of carbonyl (C=O) groups is 3. The molecule has 4 amide bonds. The Morgan fingerprint density at radius 1 is 0.844 bits per heavy atom. The van der Waals surface area contributed by atoms with Gasteiger partial charge in [-0.3, -0.25) is 14.9 Å². The lowest BCUT2D eigenvalue weighted by Gasteiger charge is -2.24. The van der Waals surface area contributed by atoms with Crippen LogP contribution in [0.25, 0.3) is 0 Å². The summed E-state index contributed by atoms with van der Waals surface area (Å²) in [4.78, 5) is 34.7. The third-order valence-electron chi connectivity index (χ3n) is 4.41. The molecule has 1 fully saturated rings. The maximum atomic E-state index is 11.5. The lowest BCUT2D eigenvalue weighted by molar-refractivity contribution is -0.128. The molecule has 0 atom stereocenters. The van der Waals surface area contributed by atoms with Crippen molar-refractivity contribution in [3.05, 3.63) is 78.4 Å². The zero-order chi connectivity index (χ0) is 23.1. The predicted molar refractivity (Wildman–Crippen MR) is 123 cm³/mol. The first-order valence-corrected chi connectivity index (χ1v) is 9.68. The van der Waals surface area contributed by atoms with Gasteiger partial charge in [-0.15, -0.1) is 0 Å². The number of para-hydroxylation sites is 1. The van der Waals surface area contributed by atoms with Crippen LogP contribution in [0.15, 0.2) is 83.0 Å². The number of imide groups is 2. The molecule has 1 aliphatic rings. The maximum Gasteiger partial charge on any atom is 0.335 e. The second-order valence-electron chi connectivity index (χ2n) is 6.93. The van der Waals surface area contributed by atoms with Gasteiger partial charge in [0.15, 0.2) is 0 Å². The van der Waals surface area contributed by atoms with Crippen LogP contribution in [-0.4, -0.2) is 17.8 Å². The Kier molecular flexibility index (Phi) is 6.92. The highest BCUT2D eigenvalue weighted by Gasteiger charge is 2.31. The van der Waals surface area contributed by atoms with Crippen molar-refractivity contribution in [2.45, 2.75) is 13.3 Å². The van der Waals surface area contributed by atoms with Gasteiger partial charge in [-0.05, 0) is 67.1 Å². The molecule has 5 N–H and O–H groups in total. The van der Waals surface area contributed by atoms with Gasteiger partial charge in [-0.25, -0.2) is 9.69 Å². The molecule has 9 heteroatoms. The van der Waals surface area contributed by atoms with Crippen LogP contribution in [0.1, 0.15) is 12.0 Å². The van der Waals surface area contributed by atoms with Crippen molar-refractivity contribution in [1.82, 2.24) is 5.32 Å². The molecular weight excluding hydrogens is 408 g/mol. The molecule has 9 nitrogen and oxygen atoms in total. The number of nitrogens with zero attached hydrogens (tertiary/aromatic N) is 3. The summed E-state index contributed by atoms with van der Waals surface area (Å²) in [6.07, 6.45) is -0.291. The SMILES string of the molecule is Cc1cc(N)ccc1N=Nc1ccc(N)cc1.O=C1CC(=O)N(c2ccccc2)C(=O)N1. The number of hydrogen-bond donors (Lipinski definition) is 3. The zero-order valence-electron chi connectivity index (χ0n) is 17.4. The molecule has 0 unspecified atom stereocenters. The van der Waals surface area contributed by atoms with Gasteiger partial charge < -0.3 is 11.5 Å². The minimum Gasteiger partial charge on any atom is -0.399 e. The molecule has 0 radical (unpaired) electrons. The smallest absolute Gasteiger partial charge is 0.335 e. The van der Waals surface area contributed by atoms with Crippen LogP contribution < -0.4 is 21.7 Å². The molecule has 0 saturated carbocycles. The number of carbonyl (C=O) groups excluding carboxylic acids is 3. The summed E-state index contributed by atoms with van der Waals surface area (Å²) in [5.74, 6) is -1.06. The van der Waals surface area contributed by atoms with Gasteiger partial charge >= 0.3 is 6.03 Å². The fraction of sp³-hybridized carbons (Fsp3) is 0.0870. The van der Waals surface area contributed by atoms with Crippen LogP contribution in [0.2, 0.25) is 0 Å². The highest BCUT2D eigenvalue weighted by Crippen LogP contribution is 2.24. The molecular formula is C23H22N6O3. The minimum absolute atomic E-state index is 0.291. The highest BCUT2D eigenvalue weighted by atomic mass is 16.2. The van der Waals surface area contributed by atoms with Crippen molar-refractivity contribution in [1.29, 1.82) is 0 Å². The monoisotopic (exact) mass is 430 g/mol. The normalized spacial score (nSPS) is 13.5. The lowest BCUT2D eigenvalue weighted by atomic mass is 10.2. The fourth-order valence-electron chi connectivity index (χ4n) is 2.83. The van der Waals surface area contributed by atoms with Gasteiger partial charge in [0.05, 0.1) is 17.1 Å². The van der Waals surface area contributed by atoms with E-state index in [9.17, 15) is 14.4 Å². The Morgan fingerprint density at radius 2 is 1.50 bits per heavy atom. The Balaban J connectivity index is 0.000000182. The second kappa shape index (κ2) is 9.98. The summed E-state index contributed by atoms with van der Waals surface area (Å²) in [7, 11) is 0. The van der Waals surface area contributed by atoms with Crippen molar-refractivity contribution in [3.8, 4) is 0 Å². The lowest BCUT2D eigenvalue weighted by Crippen LogP contribution is -2.52. The standard InChI is InChI=1S/C13H14N4.C10H8N2O3/c1-9-8-11(15)4-7-13(9)17-16-12-5-2-10(14)3-6-12;13-8-6-9(14)12(10(15)11-8)7-4-2-1-3-5-7/h2-8H,14-15H2,1H3;1-5H,6H2,(H,11,13,15). The van der Waals surface area contributed by atoms with E-state index in [0.717, 1.165) is 27.5 Å². The number of aryl methyl sites for hydroxylation is 1. The molecule has 32 heavy (non-hydrogen) atoms. The molecule has 4 rings (SSSR count). The van der Waals surface area contributed by atoms with Gasteiger partial charge in [-0.2, -0.15) is 10.2 Å². The number of nitrogens with one attached hydrogen (secondary N) is 1. The molecule has 0 bridgehead atoms. The maximum absolute atomic E-state index is 11.5. The predicted octanol–water partition coefficient (Wildman–Crippen LogP) is 4.23. The van der Waals surface area contributed by atoms with E-state index < -0.39 is 17.8 Å². The van der Waals surface area contributed by atoms with Crippen LogP contribution in [0.3, 0.4) is 0 Å². The molecule has 0 spiro atoms. The number of hydrogen-bond acceptors (Lipinski definition) is 7. The van der Waals surface area contributed by atoms with Crippen molar-refractivity contribution in [2.75, 3.05) is 16.4 Å². The van der Waals surface area contributed by atoms with E-state index in [2.05, 4.69) is 15.5 Å². The summed E-state index contributed by atoms with van der Waals surface area (Å²) >= 11 is 0. The third-order valence-corrected chi connectivity index (χ3v) is 4.41. The van der Waals surface area contributed by atoms with Crippen LogP contribution in [0.5, 0.6) is 0 Å². The molecule has 0 aliphatic carbocycles. The Labute approximate surface area is 184 Å². The number of rotatable bonds is 3. The molecule has 1 aliphatic heterocycles. The first kappa shape index (κ1) is 22.2. The third kappa shape index (κ3) is 5.76. The molecule has 0 aromatic heterocycles. The van der Waals surface area contributed by atoms with E-state index in [1.54, 1.807) is 42.5 Å². The summed E-state index contributed by atoms with van der Waals surface area (Å²) in [6.45, 7) is 1.95. The summed E-state index contributed by atoms with van der Waals surface area (Å²) in [5.41, 5.74) is 15.8. The van der Waals surface area contributed by atoms with Gasteiger partial charge in [0.2, 0.25) is 11.8 Å². The van der Waals surface area contributed by atoms with E-state index >= 15 is 0 Å². The molecule has 1 saturated heterocycles. The van der Waals surface area contributed by atoms with E-state index in [4.69, 9.17) is 11.5 Å². The van der Waals surface area contributed by atoms with Crippen molar-refractivity contribution in [3.63, 3.8) is 0 Å². The number of nitrogen functional groups attached to an aromatic ring is 2. The van der Waals surface area contributed by atoms with Gasteiger partial charge in [0.1, 0.15) is 6.42 Å². The van der Waals surface area contributed by atoms with Crippen LogP contribution >= 0.6 is 0 Å². The van der Waals surface area contributed by atoms with E-state index in [-0.39, 0.29) is 6.42 Å². The number of nitrogens with two attached hydrogens (primary N) is 2. The number of barbiturate groups is 1. The Hall–Kier alpha value is -4.53. The topological polar surface area (TPSA) is 143 Å². The largest absolute Gasteiger partial charge is 0.399 e.